The fourth-order valence-electron chi connectivity index (χ4n) is 5.33. The lowest BCUT2D eigenvalue weighted by Gasteiger charge is -2.35. The molecule has 3 aromatic rings. The smallest absolute Gasteiger partial charge is 0.251 e. The molecule has 1 aromatic carbocycles. The zero-order valence-electron chi connectivity index (χ0n) is 21.5. The summed E-state index contributed by atoms with van der Waals surface area (Å²) in [6, 6.07) is 3.25. The standard InChI is InChI=1S/C26H31F3N8OS/c27-18-13-23(22(14-19(18)33-39-12-11-38)35-7-3-25(1-2-25)4-8-35)37-17-21(32-34-37)20-15-30-16-24(31-20)36-9-5-26(28,29)6-10-36/h13-17,33,38H,1-12H2. The van der Waals surface area contributed by atoms with Gasteiger partial charge in [0.1, 0.15) is 23.0 Å². The van der Waals surface area contributed by atoms with Gasteiger partial charge in [0.2, 0.25) is 0 Å². The molecule has 3 fully saturated rings. The number of alkyl halides is 2. The molecule has 4 heterocycles. The first-order valence-corrected chi connectivity index (χ1v) is 14.3. The minimum absolute atomic E-state index is 0.00546. The first-order valence-electron chi connectivity index (χ1n) is 13.3. The van der Waals surface area contributed by atoms with E-state index in [1.165, 1.54) is 30.9 Å². The lowest BCUT2D eigenvalue weighted by molar-refractivity contribution is -0.0221. The number of aliphatic hydroxyl groups is 1. The molecule has 1 spiro atoms. The fraction of sp³-hybridized carbons (Fsp3) is 0.538. The van der Waals surface area contributed by atoms with E-state index < -0.39 is 11.7 Å². The van der Waals surface area contributed by atoms with Crippen molar-refractivity contribution in [1.29, 1.82) is 0 Å². The predicted octanol–water partition coefficient (Wildman–Crippen LogP) is 4.53. The van der Waals surface area contributed by atoms with Gasteiger partial charge in [-0.3, -0.25) is 4.98 Å². The number of hydrogen-bond donors (Lipinski definition) is 2. The van der Waals surface area contributed by atoms with Crippen molar-refractivity contribution in [3.05, 3.63) is 36.5 Å². The molecule has 1 saturated carbocycles. The van der Waals surface area contributed by atoms with Crippen molar-refractivity contribution in [2.45, 2.75) is 44.4 Å². The van der Waals surface area contributed by atoms with Gasteiger partial charge in [-0.15, -0.1) is 5.10 Å². The highest BCUT2D eigenvalue weighted by Gasteiger charge is 2.44. The maximum Gasteiger partial charge on any atom is 0.251 e. The zero-order valence-corrected chi connectivity index (χ0v) is 22.3. The molecule has 0 unspecified atom stereocenters. The van der Waals surface area contributed by atoms with Crippen LogP contribution in [0.4, 0.5) is 30.4 Å². The minimum atomic E-state index is -2.65. The lowest BCUT2D eigenvalue weighted by atomic mass is 9.93. The van der Waals surface area contributed by atoms with E-state index >= 15 is 4.39 Å². The van der Waals surface area contributed by atoms with Crippen molar-refractivity contribution < 1.29 is 18.3 Å². The monoisotopic (exact) mass is 560 g/mol. The third kappa shape index (κ3) is 5.65. The van der Waals surface area contributed by atoms with Gasteiger partial charge in [0, 0.05) is 50.8 Å². The molecule has 0 bridgehead atoms. The maximum absolute atomic E-state index is 15.2. The summed E-state index contributed by atoms with van der Waals surface area (Å²) in [6.07, 6.45) is 9.17. The molecule has 1 aliphatic carbocycles. The number of halogens is 3. The van der Waals surface area contributed by atoms with Crippen molar-refractivity contribution in [3.63, 3.8) is 0 Å². The molecule has 2 aromatic heterocycles. The summed E-state index contributed by atoms with van der Waals surface area (Å²) in [5.41, 5.74) is 3.18. The minimum Gasteiger partial charge on any atom is -0.395 e. The van der Waals surface area contributed by atoms with Crippen LogP contribution in [-0.4, -0.2) is 74.5 Å². The molecular weight excluding hydrogens is 529 g/mol. The number of aromatic nitrogens is 5. The van der Waals surface area contributed by atoms with Crippen molar-refractivity contribution >= 4 is 29.1 Å². The Labute approximate surface area is 228 Å². The Morgan fingerprint density at radius 3 is 2.38 bits per heavy atom. The molecule has 2 aliphatic heterocycles. The van der Waals surface area contributed by atoms with Crippen LogP contribution in [0.25, 0.3) is 17.1 Å². The largest absolute Gasteiger partial charge is 0.395 e. The summed E-state index contributed by atoms with van der Waals surface area (Å²) in [7, 11) is 0. The number of nitrogens with zero attached hydrogens (tertiary/aromatic N) is 7. The summed E-state index contributed by atoms with van der Waals surface area (Å²) in [5, 5.41) is 17.7. The number of piperidine rings is 2. The summed E-state index contributed by atoms with van der Waals surface area (Å²) in [6.45, 7) is 2.16. The number of rotatable bonds is 8. The molecule has 13 heteroatoms. The van der Waals surface area contributed by atoms with Crippen LogP contribution in [0.15, 0.2) is 30.7 Å². The SMILES string of the molecule is OCCSNc1cc(N2CCC3(CC2)CC3)c(-n2cc(-c3cncc(N4CCC(F)(F)CC4)n3)nn2)cc1F. The number of anilines is 3. The average molecular weight is 561 g/mol. The van der Waals surface area contributed by atoms with Crippen molar-refractivity contribution in [2.75, 3.05) is 53.1 Å². The van der Waals surface area contributed by atoms with Crippen molar-refractivity contribution in [1.82, 2.24) is 25.0 Å². The second-order valence-electron chi connectivity index (χ2n) is 10.6. The number of aliphatic hydroxyl groups excluding tert-OH is 1. The average Bonchev–Trinajstić information content (AvgIpc) is 3.50. The normalized spacial score (nSPS) is 19.9. The predicted molar refractivity (Wildman–Crippen MR) is 145 cm³/mol. The molecule has 2 saturated heterocycles. The van der Waals surface area contributed by atoms with Gasteiger partial charge in [-0.1, -0.05) is 17.2 Å². The Bertz CT molecular complexity index is 1310. The van der Waals surface area contributed by atoms with E-state index in [0.717, 1.165) is 31.6 Å². The van der Waals surface area contributed by atoms with Crippen LogP contribution in [0.2, 0.25) is 0 Å². The second kappa shape index (κ2) is 10.5. The molecule has 6 rings (SSSR count). The molecule has 208 valence electrons. The highest BCUT2D eigenvalue weighted by Crippen LogP contribution is 2.54. The van der Waals surface area contributed by atoms with Crippen LogP contribution >= 0.6 is 11.9 Å². The van der Waals surface area contributed by atoms with E-state index in [0.29, 0.717) is 39.7 Å². The van der Waals surface area contributed by atoms with Crippen molar-refractivity contribution in [3.8, 4) is 17.1 Å². The molecule has 39 heavy (non-hydrogen) atoms. The van der Waals surface area contributed by atoms with E-state index in [-0.39, 0.29) is 32.5 Å². The van der Waals surface area contributed by atoms with Gasteiger partial charge < -0.3 is 19.6 Å². The van der Waals surface area contributed by atoms with E-state index in [2.05, 4.69) is 29.9 Å². The first-order chi connectivity index (χ1) is 18.8. The van der Waals surface area contributed by atoms with E-state index in [1.54, 1.807) is 34.2 Å². The Morgan fingerprint density at radius 2 is 1.67 bits per heavy atom. The number of hydrogen-bond acceptors (Lipinski definition) is 9. The Kier molecular flexibility index (Phi) is 7.04. The highest BCUT2D eigenvalue weighted by molar-refractivity contribution is 8.00. The van der Waals surface area contributed by atoms with Crippen LogP contribution in [0.5, 0.6) is 0 Å². The van der Waals surface area contributed by atoms with Gasteiger partial charge in [0.05, 0.1) is 42.3 Å². The quantitative estimate of drug-likeness (QED) is 0.304. The lowest BCUT2D eigenvalue weighted by Crippen LogP contribution is -2.39. The third-order valence-corrected chi connectivity index (χ3v) is 8.76. The van der Waals surface area contributed by atoms with Gasteiger partial charge in [0.25, 0.3) is 5.92 Å². The molecule has 3 aliphatic rings. The molecule has 0 amide bonds. The molecule has 0 atom stereocenters. The van der Waals surface area contributed by atoms with Crippen LogP contribution in [-0.2, 0) is 0 Å². The Morgan fingerprint density at radius 1 is 0.923 bits per heavy atom. The van der Waals surface area contributed by atoms with Crippen LogP contribution in [0, 0.1) is 11.2 Å². The van der Waals surface area contributed by atoms with Gasteiger partial charge in [0.15, 0.2) is 0 Å². The van der Waals surface area contributed by atoms with E-state index in [4.69, 9.17) is 5.11 Å². The summed E-state index contributed by atoms with van der Waals surface area (Å²) >= 11 is 1.25. The highest BCUT2D eigenvalue weighted by atomic mass is 32.2. The maximum atomic E-state index is 15.2. The third-order valence-electron chi connectivity index (χ3n) is 8.01. The van der Waals surface area contributed by atoms with Crippen LogP contribution < -0.4 is 14.5 Å². The number of nitrogens with one attached hydrogen (secondary N) is 1. The van der Waals surface area contributed by atoms with Crippen molar-refractivity contribution in [2.24, 2.45) is 5.41 Å². The first kappa shape index (κ1) is 26.2. The van der Waals surface area contributed by atoms with Gasteiger partial charge in [-0.25, -0.2) is 22.8 Å². The van der Waals surface area contributed by atoms with E-state index in [9.17, 15) is 8.78 Å². The topological polar surface area (TPSA) is 95.2 Å². The van der Waals surface area contributed by atoms with Gasteiger partial charge >= 0.3 is 0 Å². The van der Waals surface area contributed by atoms with Gasteiger partial charge in [-0.05, 0) is 37.2 Å². The molecule has 9 nitrogen and oxygen atoms in total. The zero-order chi connectivity index (χ0) is 27.0. The van der Waals surface area contributed by atoms with E-state index in [1.807, 2.05) is 0 Å². The Hall–Kier alpha value is -3.06. The van der Waals surface area contributed by atoms with Crippen LogP contribution in [0.3, 0.4) is 0 Å². The summed E-state index contributed by atoms with van der Waals surface area (Å²) < 4.78 is 47.0. The molecular formula is C26H31F3N8OS. The van der Waals surface area contributed by atoms with Crippen LogP contribution in [0.1, 0.15) is 38.5 Å². The number of benzene rings is 1. The van der Waals surface area contributed by atoms with Gasteiger partial charge in [-0.2, -0.15) is 0 Å². The second-order valence-corrected chi connectivity index (χ2v) is 11.5. The summed E-state index contributed by atoms with van der Waals surface area (Å²) in [5.74, 6) is -2.12. The summed E-state index contributed by atoms with van der Waals surface area (Å²) in [4.78, 5) is 12.9. The molecule has 0 radical (unpaired) electrons. The fourth-order valence-corrected chi connectivity index (χ4v) is 5.84. The molecule has 2 N–H and O–H groups in total. The Balaban J connectivity index is 1.28.